The number of hydrogen-bond acceptors (Lipinski definition) is 5. The number of carbonyl (C=O) groups is 2. The highest BCUT2D eigenvalue weighted by atomic mass is 19.1. The Morgan fingerprint density at radius 2 is 1.69 bits per heavy atom. The van der Waals surface area contributed by atoms with E-state index in [0.29, 0.717) is 40.8 Å². The van der Waals surface area contributed by atoms with Crippen LogP contribution < -0.4 is 10.3 Å². The highest BCUT2D eigenvalue weighted by Crippen LogP contribution is 2.53. The topological polar surface area (TPSA) is 80.1 Å². The van der Waals surface area contributed by atoms with Gasteiger partial charge in [0.15, 0.2) is 11.0 Å². The van der Waals surface area contributed by atoms with Crippen LogP contribution >= 0.6 is 0 Å². The van der Waals surface area contributed by atoms with Crippen LogP contribution in [0.5, 0.6) is 0 Å². The Morgan fingerprint density at radius 1 is 0.974 bits per heavy atom. The van der Waals surface area contributed by atoms with Crippen LogP contribution in [0.3, 0.4) is 0 Å². The minimum Gasteiger partial charge on any atom is -0.450 e. The number of para-hydroxylation sites is 1. The summed E-state index contributed by atoms with van der Waals surface area (Å²) < 4.78 is 26.1. The lowest BCUT2D eigenvalue weighted by Gasteiger charge is -2.34. The zero-order valence-corrected chi connectivity index (χ0v) is 21.9. The number of amides is 2. The van der Waals surface area contributed by atoms with E-state index in [1.165, 1.54) is 15.9 Å². The molecule has 198 valence electrons. The summed E-state index contributed by atoms with van der Waals surface area (Å²) in [6.07, 6.45) is 0.437. The van der Waals surface area contributed by atoms with Gasteiger partial charge in [-0.05, 0) is 55.7 Å². The van der Waals surface area contributed by atoms with E-state index in [2.05, 4.69) is 0 Å². The third-order valence-electron chi connectivity index (χ3n) is 7.87. The highest BCUT2D eigenvalue weighted by Gasteiger charge is 2.64. The fourth-order valence-electron chi connectivity index (χ4n) is 5.87. The molecule has 1 atom stereocenters. The maximum atomic E-state index is 14.7. The molecule has 39 heavy (non-hydrogen) atoms. The number of ether oxygens (including phenoxy) is 1. The first-order valence-electron chi connectivity index (χ1n) is 12.8. The number of halogens is 1. The van der Waals surface area contributed by atoms with Gasteiger partial charge >= 0.3 is 0 Å². The molecule has 6 rings (SSSR count). The fraction of sp³-hybridized carbons (Fsp3) is 0.258. The van der Waals surface area contributed by atoms with Gasteiger partial charge in [-0.25, -0.2) is 4.39 Å². The van der Waals surface area contributed by atoms with E-state index in [1.54, 1.807) is 61.7 Å². The molecule has 2 amide bonds. The molecule has 0 radical (unpaired) electrons. The molecule has 7 nitrogen and oxygen atoms in total. The third kappa shape index (κ3) is 3.48. The van der Waals surface area contributed by atoms with Crippen LogP contribution in [0.15, 0.2) is 69.9 Å². The van der Waals surface area contributed by atoms with Gasteiger partial charge in [-0.2, -0.15) is 0 Å². The van der Waals surface area contributed by atoms with Crippen molar-refractivity contribution in [3.05, 3.63) is 110 Å². The quantitative estimate of drug-likeness (QED) is 0.336. The van der Waals surface area contributed by atoms with Crippen LogP contribution in [-0.2, 0) is 21.6 Å². The van der Waals surface area contributed by atoms with Gasteiger partial charge in [0.2, 0.25) is 5.76 Å². The summed E-state index contributed by atoms with van der Waals surface area (Å²) in [5, 5.41) is 0.306. The number of nitrogens with zero attached hydrogens (tertiary/aromatic N) is 2. The molecule has 0 bridgehead atoms. The van der Waals surface area contributed by atoms with E-state index < -0.39 is 28.6 Å². The third-order valence-corrected chi connectivity index (χ3v) is 7.87. The maximum absolute atomic E-state index is 14.7. The number of benzene rings is 3. The van der Waals surface area contributed by atoms with Crippen molar-refractivity contribution in [3.8, 4) is 0 Å². The van der Waals surface area contributed by atoms with Gasteiger partial charge in [0.1, 0.15) is 11.4 Å². The smallest absolute Gasteiger partial charge is 0.291 e. The SMILES string of the molecule is COCCCN1C(=O)c2oc3cc(C)c(C)cc3c(=O)c2C12C(=O)N(Cc1ccccc1F)c1ccccc12. The molecule has 1 aromatic heterocycles. The molecule has 0 aliphatic carbocycles. The number of methoxy groups -OCH3 is 1. The lowest BCUT2D eigenvalue weighted by Crippen LogP contribution is -2.53. The molecule has 3 aromatic carbocycles. The fourth-order valence-corrected chi connectivity index (χ4v) is 5.87. The van der Waals surface area contributed by atoms with E-state index in [9.17, 15) is 18.8 Å². The van der Waals surface area contributed by atoms with E-state index >= 15 is 0 Å². The number of carbonyl (C=O) groups excluding carboxylic acids is 2. The Labute approximate surface area is 224 Å². The number of hydrogen-bond donors (Lipinski definition) is 0. The molecular formula is C31H27FN2O5. The molecule has 8 heteroatoms. The first kappa shape index (κ1) is 25.0. The van der Waals surface area contributed by atoms with Gasteiger partial charge in [0, 0.05) is 31.4 Å². The molecular weight excluding hydrogens is 499 g/mol. The average Bonchev–Trinajstić information content (AvgIpc) is 3.31. The molecule has 2 aliphatic heterocycles. The first-order valence-corrected chi connectivity index (χ1v) is 12.8. The Kier molecular flexibility index (Phi) is 5.88. The summed E-state index contributed by atoms with van der Waals surface area (Å²) >= 11 is 0. The Balaban J connectivity index is 1.64. The van der Waals surface area contributed by atoms with Crippen LogP contribution in [0, 0.1) is 19.7 Å². The molecule has 2 aliphatic rings. The van der Waals surface area contributed by atoms with E-state index in [1.807, 2.05) is 13.8 Å². The zero-order chi connectivity index (χ0) is 27.5. The standard InChI is InChI=1S/C31H27FN2O5/c1-18-15-21-25(16-19(18)2)39-28-26(27(21)35)31(34(29(28)36)13-8-14-38-3)22-10-5-7-12-24(22)33(30(31)37)17-20-9-4-6-11-23(20)32/h4-7,9-12,15-16H,8,13-14,17H2,1-3H3. The molecule has 0 saturated heterocycles. The average molecular weight is 527 g/mol. The van der Waals surface area contributed by atoms with Crippen LogP contribution in [0.4, 0.5) is 10.1 Å². The van der Waals surface area contributed by atoms with Gasteiger partial charge in [-0.3, -0.25) is 14.4 Å². The van der Waals surface area contributed by atoms with Crippen LogP contribution in [0.2, 0.25) is 0 Å². The molecule has 0 N–H and O–H groups in total. The van der Waals surface area contributed by atoms with Gasteiger partial charge < -0.3 is 19.0 Å². The lowest BCUT2D eigenvalue weighted by atomic mass is 9.83. The van der Waals surface area contributed by atoms with Gasteiger partial charge in [0.25, 0.3) is 11.8 Å². The predicted molar refractivity (Wildman–Crippen MR) is 144 cm³/mol. The van der Waals surface area contributed by atoms with Crippen molar-refractivity contribution in [3.63, 3.8) is 0 Å². The second-order valence-electron chi connectivity index (χ2n) is 10.1. The molecule has 0 fully saturated rings. The number of anilines is 1. The predicted octanol–water partition coefficient (Wildman–Crippen LogP) is 4.83. The van der Waals surface area contributed by atoms with Gasteiger partial charge in [-0.15, -0.1) is 0 Å². The second-order valence-corrected chi connectivity index (χ2v) is 10.1. The summed E-state index contributed by atoms with van der Waals surface area (Å²) in [6.45, 7) is 4.24. The first-order chi connectivity index (χ1) is 18.8. The van der Waals surface area contributed by atoms with Crippen molar-refractivity contribution in [2.45, 2.75) is 32.4 Å². The van der Waals surface area contributed by atoms with E-state index in [4.69, 9.17) is 9.15 Å². The minimum atomic E-state index is -1.74. The Hall–Kier alpha value is -4.30. The van der Waals surface area contributed by atoms with Gasteiger partial charge in [0.05, 0.1) is 23.2 Å². The summed E-state index contributed by atoms with van der Waals surface area (Å²) in [5.74, 6) is -1.61. The Morgan fingerprint density at radius 3 is 2.46 bits per heavy atom. The van der Waals surface area contributed by atoms with Crippen molar-refractivity contribution in [2.24, 2.45) is 0 Å². The lowest BCUT2D eigenvalue weighted by molar-refractivity contribution is -0.126. The van der Waals surface area contributed by atoms with Crippen molar-refractivity contribution < 1.29 is 23.1 Å². The summed E-state index contributed by atoms with van der Waals surface area (Å²) in [6, 6.07) is 16.8. The van der Waals surface area contributed by atoms with Gasteiger partial charge in [-0.1, -0.05) is 36.4 Å². The van der Waals surface area contributed by atoms with Crippen LogP contribution in [0.1, 0.15) is 44.8 Å². The van der Waals surface area contributed by atoms with Crippen molar-refractivity contribution in [2.75, 3.05) is 25.2 Å². The minimum absolute atomic E-state index is 0.00848. The van der Waals surface area contributed by atoms with Crippen molar-refractivity contribution in [1.29, 1.82) is 0 Å². The molecule has 4 aromatic rings. The number of fused-ring (bicyclic) bond motifs is 5. The monoisotopic (exact) mass is 526 g/mol. The molecule has 1 spiro atoms. The van der Waals surface area contributed by atoms with E-state index in [0.717, 1.165) is 11.1 Å². The number of aryl methyl sites for hydroxylation is 2. The van der Waals surface area contributed by atoms with Crippen LogP contribution in [0.25, 0.3) is 11.0 Å². The normalized spacial score (nSPS) is 17.9. The largest absolute Gasteiger partial charge is 0.450 e. The van der Waals surface area contributed by atoms with E-state index in [-0.39, 0.29) is 24.4 Å². The summed E-state index contributed by atoms with van der Waals surface area (Å²) in [4.78, 5) is 45.8. The van der Waals surface area contributed by atoms with Crippen LogP contribution in [-0.4, -0.2) is 37.0 Å². The highest BCUT2D eigenvalue weighted by molar-refractivity contribution is 6.17. The second kappa shape index (κ2) is 9.17. The maximum Gasteiger partial charge on any atom is 0.291 e. The molecule has 3 heterocycles. The summed E-state index contributed by atoms with van der Waals surface area (Å²) in [5.41, 5.74) is 1.28. The number of rotatable bonds is 6. The van der Waals surface area contributed by atoms with Crippen molar-refractivity contribution in [1.82, 2.24) is 4.90 Å². The molecule has 1 unspecified atom stereocenters. The zero-order valence-electron chi connectivity index (χ0n) is 21.9. The summed E-state index contributed by atoms with van der Waals surface area (Å²) in [7, 11) is 1.56. The van der Waals surface area contributed by atoms with Crippen molar-refractivity contribution >= 4 is 28.5 Å². The Bertz CT molecular complexity index is 1730. The molecule has 0 saturated carbocycles.